The first-order valence-corrected chi connectivity index (χ1v) is 4.28. The number of hydrogen-bond acceptors (Lipinski definition) is 1. The maximum absolute atomic E-state index is 9.54. The van der Waals surface area contributed by atoms with Gasteiger partial charge in [0, 0.05) is 0 Å². The summed E-state index contributed by atoms with van der Waals surface area (Å²) < 4.78 is 0. The second-order valence-corrected chi connectivity index (χ2v) is 3.90. The fraction of sp³-hybridized carbons (Fsp3) is 0.800. The maximum Gasteiger partial charge on any atom is 0.0770 e. The fourth-order valence-electron chi connectivity index (χ4n) is 1.36. The molecule has 0 saturated heterocycles. The Kier molecular flexibility index (Phi) is 4.43. The molecule has 0 aliphatic carbocycles. The highest BCUT2D eigenvalue weighted by Crippen LogP contribution is 2.18. The van der Waals surface area contributed by atoms with Crippen LogP contribution in [0.3, 0.4) is 0 Å². The first kappa shape index (κ1) is 10.7. The Morgan fingerprint density at radius 2 is 1.82 bits per heavy atom. The monoisotopic (exact) mass is 156 g/mol. The molecule has 1 unspecified atom stereocenters. The van der Waals surface area contributed by atoms with Crippen LogP contribution in [0.15, 0.2) is 12.2 Å². The topological polar surface area (TPSA) is 20.2 Å². The molecule has 1 heteroatoms. The molecule has 11 heavy (non-hydrogen) atoms. The molecule has 0 spiro atoms. The Morgan fingerprint density at radius 1 is 1.36 bits per heavy atom. The second kappa shape index (κ2) is 4.55. The highest BCUT2D eigenvalue weighted by molar-refractivity contribution is 4.98. The number of rotatable bonds is 4. The van der Waals surface area contributed by atoms with E-state index >= 15 is 0 Å². The zero-order valence-electron chi connectivity index (χ0n) is 8.09. The van der Waals surface area contributed by atoms with Gasteiger partial charge in [-0.3, -0.25) is 0 Å². The van der Waals surface area contributed by atoms with Gasteiger partial charge in [-0.2, -0.15) is 0 Å². The van der Waals surface area contributed by atoms with Crippen LogP contribution in [0.25, 0.3) is 0 Å². The minimum atomic E-state index is -0.322. The van der Waals surface area contributed by atoms with E-state index in [9.17, 15) is 5.11 Å². The van der Waals surface area contributed by atoms with Crippen molar-refractivity contribution in [2.24, 2.45) is 11.8 Å². The van der Waals surface area contributed by atoms with Gasteiger partial charge in [0.05, 0.1) is 6.10 Å². The lowest BCUT2D eigenvalue weighted by molar-refractivity contribution is 0.137. The summed E-state index contributed by atoms with van der Waals surface area (Å²) in [5.41, 5.74) is 0.873. The van der Waals surface area contributed by atoms with Crippen molar-refractivity contribution in [1.29, 1.82) is 0 Å². The first-order valence-electron chi connectivity index (χ1n) is 4.28. The summed E-state index contributed by atoms with van der Waals surface area (Å²) in [5, 5.41) is 9.54. The lowest BCUT2D eigenvalue weighted by Crippen LogP contribution is -2.19. The van der Waals surface area contributed by atoms with E-state index in [1.807, 2.05) is 6.92 Å². The predicted molar refractivity (Wildman–Crippen MR) is 49.4 cm³/mol. The van der Waals surface area contributed by atoms with Gasteiger partial charge in [-0.25, -0.2) is 0 Å². The summed E-state index contributed by atoms with van der Waals surface area (Å²) in [6.07, 6.45) is 0.742. The summed E-state index contributed by atoms with van der Waals surface area (Å²) in [7, 11) is 0. The predicted octanol–water partition coefficient (Wildman–Crippen LogP) is 2.61. The standard InChI is InChI=1S/C10H20O/c1-7(2)6-9(5)10(11)8(3)4/h7,9-11H,3,6H2,1-2,4-5H3/t9?,10-/m1/s1. The summed E-state index contributed by atoms with van der Waals surface area (Å²) in [4.78, 5) is 0. The molecule has 0 aliphatic heterocycles. The van der Waals surface area contributed by atoms with Crippen LogP contribution in [0.1, 0.15) is 34.1 Å². The normalized spacial score (nSPS) is 16.5. The van der Waals surface area contributed by atoms with Gasteiger partial charge in [0.15, 0.2) is 0 Å². The van der Waals surface area contributed by atoms with Crippen molar-refractivity contribution in [2.75, 3.05) is 0 Å². The fourth-order valence-corrected chi connectivity index (χ4v) is 1.36. The second-order valence-electron chi connectivity index (χ2n) is 3.90. The molecule has 0 aromatic rings. The Balaban J connectivity index is 3.82. The van der Waals surface area contributed by atoms with Crippen LogP contribution in [0.4, 0.5) is 0 Å². The Labute approximate surface area is 70.1 Å². The number of aliphatic hydroxyl groups excluding tert-OH is 1. The van der Waals surface area contributed by atoms with Crippen molar-refractivity contribution >= 4 is 0 Å². The molecule has 0 radical (unpaired) electrons. The van der Waals surface area contributed by atoms with Crippen molar-refractivity contribution < 1.29 is 5.11 Å². The van der Waals surface area contributed by atoms with Gasteiger partial charge in [-0.15, -0.1) is 0 Å². The van der Waals surface area contributed by atoms with E-state index in [4.69, 9.17) is 0 Å². The van der Waals surface area contributed by atoms with Crippen molar-refractivity contribution in [2.45, 2.75) is 40.2 Å². The van der Waals surface area contributed by atoms with Gasteiger partial charge in [-0.05, 0) is 25.2 Å². The summed E-state index contributed by atoms with van der Waals surface area (Å²) in [6, 6.07) is 0. The van der Waals surface area contributed by atoms with Gasteiger partial charge >= 0.3 is 0 Å². The molecule has 0 aromatic carbocycles. The van der Waals surface area contributed by atoms with Gasteiger partial charge in [0.25, 0.3) is 0 Å². The number of aliphatic hydroxyl groups is 1. The quantitative estimate of drug-likeness (QED) is 0.620. The van der Waals surface area contributed by atoms with Crippen LogP contribution in [0.2, 0.25) is 0 Å². The van der Waals surface area contributed by atoms with Crippen LogP contribution in [0, 0.1) is 11.8 Å². The third-order valence-corrected chi connectivity index (χ3v) is 1.89. The summed E-state index contributed by atoms with van der Waals surface area (Å²) in [5.74, 6) is 0.992. The number of hydrogen-bond donors (Lipinski definition) is 1. The van der Waals surface area contributed by atoms with E-state index in [1.165, 1.54) is 0 Å². The zero-order valence-corrected chi connectivity index (χ0v) is 8.09. The average Bonchev–Trinajstić information content (AvgIpc) is 1.84. The van der Waals surface area contributed by atoms with Crippen LogP contribution < -0.4 is 0 Å². The molecule has 2 atom stereocenters. The molecular weight excluding hydrogens is 136 g/mol. The highest BCUT2D eigenvalue weighted by atomic mass is 16.3. The summed E-state index contributed by atoms with van der Waals surface area (Å²) >= 11 is 0. The van der Waals surface area contributed by atoms with Gasteiger partial charge in [0.1, 0.15) is 0 Å². The van der Waals surface area contributed by atoms with Gasteiger partial charge in [0.2, 0.25) is 0 Å². The maximum atomic E-state index is 9.54. The molecular formula is C10H20O. The third-order valence-electron chi connectivity index (χ3n) is 1.89. The lowest BCUT2D eigenvalue weighted by atomic mass is 9.91. The van der Waals surface area contributed by atoms with E-state index in [1.54, 1.807) is 0 Å². The van der Waals surface area contributed by atoms with E-state index in [-0.39, 0.29) is 6.10 Å². The SMILES string of the molecule is C=C(C)[C@@H](O)C(C)CC(C)C. The molecule has 1 N–H and O–H groups in total. The van der Waals surface area contributed by atoms with E-state index < -0.39 is 0 Å². The Hall–Kier alpha value is -0.300. The minimum absolute atomic E-state index is 0.322. The molecule has 0 fully saturated rings. The lowest BCUT2D eigenvalue weighted by Gasteiger charge is -2.20. The molecule has 0 saturated carbocycles. The van der Waals surface area contributed by atoms with Crippen molar-refractivity contribution in [3.63, 3.8) is 0 Å². The minimum Gasteiger partial charge on any atom is -0.389 e. The molecule has 0 rings (SSSR count). The molecule has 0 aromatic heterocycles. The van der Waals surface area contributed by atoms with Crippen LogP contribution in [-0.2, 0) is 0 Å². The van der Waals surface area contributed by atoms with E-state index in [0.717, 1.165) is 12.0 Å². The van der Waals surface area contributed by atoms with E-state index in [2.05, 4.69) is 27.4 Å². The van der Waals surface area contributed by atoms with E-state index in [0.29, 0.717) is 11.8 Å². The van der Waals surface area contributed by atoms with Gasteiger partial charge in [-0.1, -0.05) is 32.9 Å². The molecule has 0 heterocycles. The van der Waals surface area contributed by atoms with Crippen LogP contribution in [-0.4, -0.2) is 11.2 Å². The van der Waals surface area contributed by atoms with Gasteiger partial charge < -0.3 is 5.11 Å². The Morgan fingerprint density at radius 3 is 2.09 bits per heavy atom. The Bertz CT molecular complexity index is 127. The molecule has 1 nitrogen and oxygen atoms in total. The molecule has 0 bridgehead atoms. The van der Waals surface area contributed by atoms with Crippen molar-refractivity contribution in [3.8, 4) is 0 Å². The van der Waals surface area contributed by atoms with Crippen LogP contribution >= 0.6 is 0 Å². The first-order chi connectivity index (χ1) is 4.95. The van der Waals surface area contributed by atoms with Crippen LogP contribution in [0.5, 0.6) is 0 Å². The van der Waals surface area contributed by atoms with Crippen molar-refractivity contribution in [1.82, 2.24) is 0 Å². The summed E-state index contributed by atoms with van der Waals surface area (Å²) in [6.45, 7) is 12.0. The average molecular weight is 156 g/mol. The highest BCUT2D eigenvalue weighted by Gasteiger charge is 2.15. The zero-order chi connectivity index (χ0) is 9.02. The molecule has 66 valence electrons. The van der Waals surface area contributed by atoms with Crippen molar-refractivity contribution in [3.05, 3.63) is 12.2 Å². The molecule has 0 amide bonds. The molecule has 0 aliphatic rings. The largest absolute Gasteiger partial charge is 0.389 e. The third kappa shape index (κ3) is 4.20. The smallest absolute Gasteiger partial charge is 0.0770 e.